The predicted molar refractivity (Wildman–Crippen MR) is 88.2 cm³/mol. The molecule has 0 saturated heterocycles. The van der Waals surface area contributed by atoms with Crippen LogP contribution in [0.5, 0.6) is 11.5 Å². The molecular formula is C16H13F2N3O5. The summed E-state index contributed by atoms with van der Waals surface area (Å²) >= 11 is 0. The fourth-order valence-corrected chi connectivity index (χ4v) is 2.39. The molecule has 10 heteroatoms. The number of alkyl halides is 2. The molecule has 2 N–H and O–H groups in total. The second kappa shape index (κ2) is 6.82. The number of nitrogens with one attached hydrogen (secondary N) is 2. The highest BCUT2D eigenvalue weighted by Crippen LogP contribution is 2.35. The van der Waals surface area contributed by atoms with Crippen molar-refractivity contribution in [3.63, 3.8) is 0 Å². The molecule has 1 atom stereocenters. The Bertz CT molecular complexity index is 875. The topological polar surface area (TPSA) is 103 Å². The van der Waals surface area contributed by atoms with Gasteiger partial charge in [-0.3, -0.25) is 14.9 Å². The van der Waals surface area contributed by atoms with Crippen LogP contribution in [0.1, 0.15) is 6.92 Å². The Morgan fingerprint density at radius 1 is 1.27 bits per heavy atom. The van der Waals surface area contributed by atoms with E-state index in [1.165, 1.54) is 6.07 Å². The van der Waals surface area contributed by atoms with Gasteiger partial charge in [0.2, 0.25) is 5.75 Å². The van der Waals surface area contributed by atoms with Crippen LogP contribution in [0.2, 0.25) is 0 Å². The number of anilines is 3. The maximum Gasteiger partial charge on any atom is 0.387 e. The Morgan fingerprint density at radius 2 is 1.96 bits per heavy atom. The number of amides is 1. The van der Waals surface area contributed by atoms with Crippen LogP contribution in [-0.4, -0.2) is 23.5 Å². The van der Waals surface area contributed by atoms with Crippen molar-refractivity contribution in [1.29, 1.82) is 0 Å². The molecule has 136 valence electrons. The van der Waals surface area contributed by atoms with Gasteiger partial charge < -0.3 is 20.1 Å². The highest BCUT2D eigenvalue weighted by Gasteiger charge is 2.24. The summed E-state index contributed by atoms with van der Waals surface area (Å²) in [6.45, 7) is -1.58. The summed E-state index contributed by atoms with van der Waals surface area (Å²) in [7, 11) is 0. The summed E-state index contributed by atoms with van der Waals surface area (Å²) in [5.41, 5.74) is 0.682. The Labute approximate surface area is 145 Å². The van der Waals surface area contributed by atoms with Gasteiger partial charge in [0.25, 0.3) is 5.91 Å². The Balaban J connectivity index is 1.86. The van der Waals surface area contributed by atoms with Crippen molar-refractivity contribution in [3.05, 3.63) is 46.5 Å². The highest BCUT2D eigenvalue weighted by atomic mass is 19.3. The molecule has 1 aliphatic rings. The van der Waals surface area contributed by atoms with E-state index >= 15 is 0 Å². The minimum Gasteiger partial charge on any atom is -0.479 e. The zero-order valence-corrected chi connectivity index (χ0v) is 13.4. The Kier molecular flexibility index (Phi) is 4.57. The summed E-state index contributed by atoms with van der Waals surface area (Å²) < 4.78 is 34.6. The number of ether oxygens (including phenoxy) is 2. The second-order valence-electron chi connectivity index (χ2n) is 5.40. The number of hydrogen-bond acceptors (Lipinski definition) is 6. The molecule has 0 aromatic heterocycles. The number of nitro groups is 1. The van der Waals surface area contributed by atoms with E-state index in [4.69, 9.17) is 4.74 Å². The number of carbonyl (C=O) groups excluding carboxylic acids is 1. The number of benzene rings is 2. The van der Waals surface area contributed by atoms with Gasteiger partial charge in [0.15, 0.2) is 6.10 Å². The Morgan fingerprint density at radius 3 is 2.65 bits per heavy atom. The number of nitrogens with zero attached hydrogens (tertiary/aromatic N) is 1. The minimum atomic E-state index is -3.19. The molecule has 0 spiro atoms. The van der Waals surface area contributed by atoms with Crippen LogP contribution in [0.3, 0.4) is 0 Å². The first-order valence-corrected chi connectivity index (χ1v) is 7.45. The molecule has 8 nitrogen and oxygen atoms in total. The van der Waals surface area contributed by atoms with Gasteiger partial charge in [0, 0.05) is 23.5 Å². The number of halogens is 2. The molecule has 2 aromatic rings. The SMILES string of the molecule is CC1Oc2ccc(Nc3ccc([N+](=O)[O-])c(OC(F)F)c3)cc2NC1=O. The zero-order chi connectivity index (χ0) is 18.8. The summed E-state index contributed by atoms with van der Waals surface area (Å²) in [5.74, 6) is -0.357. The molecule has 26 heavy (non-hydrogen) atoms. The lowest BCUT2D eigenvalue weighted by Crippen LogP contribution is -2.34. The van der Waals surface area contributed by atoms with Crippen LogP contribution in [-0.2, 0) is 4.79 Å². The molecule has 0 aliphatic carbocycles. The van der Waals surface area contributed by atoms with Gasteiger partial charge in [-0.2, -0.15) is 8.78 Å². The lowest BCUT2D eigenvalue weighted by Gasteiger charge is -2.23. The van der Waals surface area contributed by atoms with Crippen LogP contribution < -0.4 is 20.1 Å². The third-order valence-corrected chi connectivity index (χ3v) is 3.57. The molecule has 1 amide bonds. The molecule has 1 heterocycles. The number of hydrogen-bond donors (Lipinski definition) is 2. The van der Waals surface area contributed by atoms with Crippen molar-refractivity contribution >= 4 is 28.7 Å². The van der Waals surface area contributed by atoms with E-state index in [2.05, 4.69) is 15.4 Å². The average Bonchev–Trinajstić information content (AvgIpc) is 2.55. The van der Waals surface area contributed by atoms with E-state index in [1.54, 1.807) is 25.1 Å². The van der Waals surface area contributed by atoms with E-state index in [9.17, 15) is 23.7 Å². The van der Waals surface area contributed by atoms with Gasteiger partial charge in [-0.25, -0.2) is 0 Å². The largest absolute Gasteiger partial charge is 0.479 e. The third-order valence-electron chi connectivity index (χ3n) is 3.57. The van der Waals surface area contributed by atoms with Crippen LogP contribution >= 0.6 is 0 Å². The van der Waals surface area contributed by atoms with Crippen molar-refractivity contribution in [2.75, 3.05) is 10.6 Å². The van der Waals surface area contributed by atoms with Gasteiger partial charge in [-0.1, -0.05) is 0 Å². The molecule has 1 unspecified atom stereocenters. The zero-order valence-electron chi connectivity index (χ0n) is 13.4. The molecule has 0 bridgehead atoms. The monoisotopic (exact) mass is 365 g/mol. The molecule has 1 aliphatic heterocycles. The van der Waals surface area contributed by atoms with Crippen LogP contribution in [0.25, 0.3) is 0 Å². The predicted octanol–water partition coefficient (Wildman–Crippen LogP) is 3.66. The van der Waals surface area contributed by atoms with Crippen molar-refractivity contribution in [2.24, 2.45) is 0 Å². The summed E-state index contributed by atoms with van der Waals surface area (Å²) in [5, 5.41) is 16.5. The second-order valence-corrected chi connectivity index (χ2v) is 5.40. The van der Waals surface area contributed by atoms with Crippen LogP contribution in [0, 0.1) is 10.1 Å². The third kappa shape index (κ3) is 3.63. The number of carbonyl (C=O) groups is 1. The van der Waals surface area contributed by atoms with E-state index in [0.717, 1.165) is 12.1 Å². The van der Waals surface area contributed by atoms with E-state index in [1.807, 2.05) is 0 Å². The van der Waals surface area contributed by atoms with Gasteiger partial charge >= 0.3 is 12.3 Å². The van der Waals surface area contributed by atoms with Crippen molar-refractivity contribution < 1.29 is 28.0 Å². The molecular weight excluding hydrogens is 352 g/mol. The van der Waals surface area contributed by atoms with E-state index < -0.39 is 29.1 Å². The number of fused-ring (bicyclic) bond motifs is 1. The molecule has 0 radical (unpaired) electrons. The van der Waals surface area contributed by atoms with Gasteiger partial charge in [-0.15, -0.1) is 0 Å². The average molecular weight is 365 g/mol. The van der Waals surface area contributed by atoms with Crippen LogP contribution in [0.4, 0.5) is 31.5 Å². The normalized spacial score (nSPS) is 15.7. The van der Waals surface area contributed by atoms with E-state index in [0.29, 0.717) is 22.8 Å². The molecule has 2 aromatic carbocycles. The highest BCUT2D eigenvalue weighted by molar-refractivity contribution is 5.98. The quantitative estimate of drug-likeness (QED) is 0.619. The standard InChI is InChI=1S/C16H13F2N3O5/c1-8-15(22)20-11-6-9(3-5-13(11)25-8)19-10-2-4-12(21(23)24)14(7-10)26-16(17)18/h2-8,16,19H,1H3,(H,20,22). The lowest BCUT2D eigenvalue weighted by molar-refractivity contribution is -0.386. The lowest BCUT2D eigenvalue weighted by atomic mass is 10.2. The first-order chi connectivity index (χ1) is 12.3. The maximum atomic E-state index is 12.5. The number of nitro benzene ring substituents is 1. The van der Waals surface area contributed by atoms with E-state index in [-0.39, 0.29) is 5.91 Å². The minimum absolute atomic E-state index is 0.294. The molecule has 3 rings (SSSR count). The van der Waals surface area contributed by atoms with Gasteiger partial charge in [0.1, 0.15) is 5.75 Å². The van der Waals surface area contributed by atoms with Gasteiger partial charge in [0.05, 0.1) is 10.6 Å². The summed E-state index contributed by atoms with van der Waals surface area (Å²) in [4.78, 5) is 21.8. The Hall–Kier alpha value is -3.43. The van der Waals surface area contributed by atoms with Crippen molar-refractivity contribution in [2.45, 2.75) is 19.6 Å². The molecule has 0 saturated carbocycles. The van der Waals surface area contributed by atoms with Crippen LogP contribution in [0.15, 0.2) is 36.4 Å². The van der Waals surface area contributed by atoms with Gasteiger partial charge in [-0.05, 0) is 31.2 Å². The van der Waals surface area contributed by atoms with Crippen molar-refractivity contribution in [3.8, 4) is 11.5 Å². The fourth-order valence-electron chi connectivity index (χ4n) is 2.39. The number of rotatable bonds is 5. The smallest absolute Gasteiger partial charge is 0.387 e. The fraction of sp³-hybridized carbons (Fsp3) is 0.188. The summed E-state index contributed by atoms with van der Waals surface area (Å²) in [6.07, 6.45) is -0.606. The van der Waals surface area contributed by atoms with Crippen molar-refractivity contribution in [1.82, 2.24) is 0 Å². The first-order valence-electron chi connectivity index (χ1n) is 7.45. The maximum absolute atomic E-state index is 12.5. The first kappa shape index (κ1) is 17.4. The molecule has 0 fully saturated rings. The summed E-state index contributed by atoms with van der Waals surface area (Å²) in [6, 6.07) is 8.39.